The molecule has 0 aliphatic heterocycles. The number of carbonyl (C=O) groups excluding carboxylic acids is 1. The average Bonchev–Trinajstić information content (AvgIpc) is 3.30. The van der Waals surface area contributed by atoms with E-state index < -0.39 is 24.7 Å². The van der Waals surface area contributed by atoms with Crippen molar-refractivity contribution in [3.63, 3.8) is 0 Å². The van der Waals surface area contributed by atoms with Crippen LogP contribution in [0.15, 0.2) is 65.5 Å². The number of hydrogen-bond donors (Lipinski definition) is 4. The van der Waals surface area contributed by atoms with E-state index in [0.29, 0.717) is 5.76 Å². The van der Waals surface area contributed by atoms with E-state index >= 15 is 0 Å². The molecular formula is C20H20N2O6. The van der Waals surface area contributed by atoms with E-state index in [1.165, 1.54) is 11.9 Å². The maximum atomic E-state index is 11.7. The largest absolute Gasteiger partial charge is 0.444 e. The van der Waals surface area contributed by atoms with Crippen LogP contribution in [0.4, 0.5) is 0 Å². The lowest BCUT2D eigenvalue weighted by molar-refractivity contribution is -0.171. The van der Waals surface area contributed by atoms with Crippen LogP contribution in [0.25, 0.3) is 22.5 Å². The van der Waals surface area contributed by atoms with E-state index in [0.717, 1.165) is 22.3 Å². The summed E-state index contributed by atoms with van der Waals surface area (Å²) in [6, 6.07) is 15.2. The highest BCUT2D eigenvalue weighted by molar-refractivity contribution is 5.84. The molecule has 1 heterocycles. The van der Waals surface area contributed by atoms with Gasteiger partial charge in [0, 0.05) is 5.56 Å². The van der Waals surface area contributed by atoms with Crippen LogP contribution in [-0.2, 0) is 16.1 Å². The van der Waals surface area contributed by atoms with Gasteiger partial charge in [-0.25, -0.2) is 10.5 Å². The van der Waals surface area contributed by atoms with E-state index in [9.17, 15) is 15.0 Å². The Bertz CT molecular complexity index is 887. The number of aromatic nitrogens is 1. The molecule has 2 aromatic carbocycles. The molecule has 0 saturated heterocycles. The third-order valence-corrected chi connectivity index (χ3v) is 4.43. The Balaban J connectivity index is 1.69. The zero-order valence-electron chi connectivity index (χ0n) is 14.9. The third-order valence-electron chi connectivity index (χ3n) is 4.43. The number of oxazole rings is 1. The van der Waals surface area contributed by atoms with Crippen molar-refractivity contribution < 1.29 is 29.4 Å². The molecule has 3 aromatic rings. The number of aliphatic hydroxyl groups excluding tert-OH is 2. The lowest BCUT2D eigenvalue weighted by atomic mass is 10.0. The van der Waals surface area contributed by atoms with Crippen molar-refractivity contribution in [2.24, 2.45) is 0 Å². The van der Waals surface area contributed by atoms with Gasteiger partial charge < -0.3 is 19.4 Å². The van der Waals surface area contributed by atoms with Gasteiger partial charge >= 0.3 is 0 Å². The molecule has 8 heteroatoms. The van der Waals surface area contributed by atoms with Gasteiger partial charge in [0.05, 0.1) is 26.0 Å². The Labute approximate surface area is 161 Å². The number of aliphatic hydroxyl groups is 2. The molecule has 3 rings (SSSR count). The highest BCUT2D eigenvalue weighted by atomic mass is 16.5. The minimum absolute atomic E-state index is 0.0285. The number of rotatable bonds is 8. The van der Waals surface area contributed by atoms with Crippen molar-refractivity contribution in [2.45, 2.75) is 12.2 Å². The summed E-state index contributed by atoms with van der Waals surface area (Å²) in [4.78, 5) is 15.6. The quantitative estimate of drug-likeness (QED) is 0.344. The summed E-state index contributed by atoms with van der Waals surface area (Å²) in [5, 5.41) is 27.5. The summed E-state index contributed by atoms with van der Waals surface area (Å²) in [5.74, 6) is -0.317. The van der Waals surface area contributed by atoms with E-state index in [1.807, 2.05) is 48.5 Å². The molecule has 28 heavy (non-hydrogen) atoms. The molecule has 0 atom stereocenters. The van der Waals surface area contributed by atoms with Crippen molar-refractivity contribution >= 4 is 5.91 Å². The zero-order chi connectivity index (χ0) is 20.0. The Morgan fingerprint density at radius 1 is 1.00 bits per heavy atom. The molecule has 0 unspecified atom stereocenters. The van der Waals surface area contributed by atoms with Gasteiger partial charge in [0.1, 0.15) is 0 Å². The number of benzene rings is 2. The van der Waals surface area contributed by atoms with Crippen LogP contribution in [0.2, 0.25) is 0 Å². The van der Waals surface area contributed by atoms with Crippen LogP contribution in [0.1, 0.15) is 5.56 Å². The summed E-state index contributed by atoms with van der Waals surface area (Å²) >= 11 is 0. The first-order valence-corrected chi connectivity index (χ1v) is 8.50. The fraction of sp³-hybridized carbons (Fsp3) is 0.200. The summed E-state index contributed by atoms with van der Waals surface area (Å²) in [5.41, 5.74) is 3.14. The first-order chi connectivity index (χ1) is 13.6. The minimum Gasteiger partial charge on any atom is -0.444 e. The predicted octanol–water partition coefficient (Wildman–Crippen LogP) is 1.75. The van der Waals surface area contributed by atoms with Crippen LogP contribution < -0.4 is 5.48 Å². The van der Waals surface area contributed by atoms with Crippen molar-refractivity contribution in [2.75, 3.05) is 13.2 Å². The molecule has 1 aromatic heterocycles. The van der Waals surface area contributed by atoms with Crippen molar-refractivity contribution in [1.82, 2.24) is 10.5 Å². The number of nitrogens with one attached hydrogen (secondary N) is 1. The molecule has 0 saturated carbocycles. The molecule has 0 aliphatic carbocycles. The molecule has 0 radical (unpaired) electrons. The zero-order valence-corrected chi connectivity index (χ0v) is 14.9. The van der Waals surface area contributed by atoms with Crippen LogP contribution in [-0.4, -0.2) is 45.1 Å². The standard InChI is InChI=1S/C20H20N2O6/c23-11-20(12-24,19(25)22-26)28-10-14-1-3-15(4-2-14)16-5-7-17(8-6-16)18-9-21-13-27-18/h1-9,13,23-24,26H,10-12H2,(H,22,25). The molecular weight excluding hydrogens is 364 g/mol. The van der Waals surface area contributed by atoms with Crippen LogP contribution in [0.5, 0.6) is 0 Å². The summed E-state index contributed by atoms with van der Waals surface area (Å²) in [6.07, 6.45) is 3.04. The second-order valence-corrected chi connectivity index (χ2v) is 6.18. The summed E-state index contributed by atoms with van der Waals surface area (Å²) in [7, 11) is 0. The van der Waals surface area contributed by atoms with Gasteiger partial charge in [0.15, 0.2) is 17.8 Å². The van der Waals surface area contributed by atoms with E-state index in [-0.39, 0.29) is 6.61 Å². The Morgan fingerprint density at radius 2 is 1.57 bits per heavy atom. The predicted molar refractivity (Wildman–Crippen MR) is 99.0 cm³/mol. The van der Waals surface area contributed by atoms with Gasteiger partial charge in [0.2, 0.25) is 0 Å². The normalized spacial score (nSPS) is 11.4. The van der Waals surface area contributed by atoms with Crippen LogP contribution in [0, 0.1) is 0 Å². The molecule has 0 fully saturated rings. The Hall–Kier alpha value is -3.04. The van der Waals surface area contributed by atoms with Gasteiger partial charge in [-0.3, -0.25) is 10.0 Å². The SMILES string of the molecule is O=C(NO)C(CO)(CO)OCc1ccc(-c2ccc(-c3cnco3)cc2)cc1. The second kappa shape index (κ2) is 8.77. The van der Waals surface area contributed by atoms with E-state index in [4.69, 9.17) is 14.4 Å². The third kappa shape index (κ3) is 4.10. The number of hydrogen-bond acceptors (Lipinski definition) is 7. The molecule has 0 bridgehead atoms. The first-order valence-electron chi connectivity index (χ1n) is 8.50. The molecule has 8 nitrogen and oxygen atoms in total. The molecule has 1 amide bonds. The number of carbonyl (C=O) groups is 1. The van der Waals surface area contributed by atoms with Gasteiger partial charge in [-0.05, 0) is 16.7 Å². The van der Waals surface area contributed by atoms with E-state index in [1.54, 1.807) is 6.20 Å². The Kier molecular flexibility index (Phi) is 6.17. The van der Waals surface area contributed by atoms with Gasteiger partial charge in [-0.2, -0.15) is 0 Å². The second-order valence-electron chi connectivity index (χ2n) is 6.18. The van der Waals surface area contributed by atoms with Crippen molar-refractivity contribution in [3.8, 4) is 22.5 Å². The van der Waals surface area contributed by atoms with Gasteiger partial charge in [-0.1, -0.05) is 48.5 Å². The fourth-order valence-electron chi connectivity index (χ4n) is 2.65. The molecule has 0 aliphatic rings. The fourth-order valence-corrected chi connectivity index (χ4v) is 2.65. The number of ether oxygens (including phenoxy) is 1. The number of amides is 1. The first kappa shape index (κ1) is 19.7. The van der Waals surface area contributed by atoms with Gasteiger partial charge in [-0.15, -0.1) is 0 Å². The highest BCUT2D eigenvalue weighted by Gasteiger charge is 2.38. The van der Waals surface area contributed by atoms with E-state index in [2.05, 4.69) is 4.98 Å². The maximum Gasteiger partial charge on any atom is 0.280 e. The average molecular weight is 384 g/mol. The molecule has 0 spiro atoms. The number of nitrogens with zero attached hydrogens (tertiary/aromatic N) is 1. The highest BCUT2D eigenvalue weighted by Crippen LogP contribution is 2.25. The Morgan fingerprint density at radius 3 is 2.07 bits per heavy atom. The maximum absolute atomic E-state index is 11.7. The lowest BCUT2D eigenvalue weighted by Crippen LogP contribution is -2.53. The van der Waals surface area contributed by atoms with Crippen molar-refractivity contribution in [1.29, 1.82) is 0 Å². The van der Waals surface area contributed by atoms with Crippen LogP contribution >= 0.6 is 0 Å². The number of hydroxylamine groups is 1. The summed E-state index contributed by atoms with van der Waals surface area (Å²) < 4.78 is 10.7. The topological polar surface area (TPSA) is 125 Å². The van der Waals surface area contributed by atoms with Crippen molar-refractivity contribution in [3.05, 3.63) is 66.7 Å². The summed E-state index contributed by atoms with van der Waals surface area (Å²) in [6.45, 7) is -1.57. The molecule has 4 N–H and O–H groups in total. The van der Waals surface area contributed by atoms with Crippen LogP contribution in [0.3, 0.4) is 0 Å². The molecule has 146 valence electrons. The van der Waals surface area contributed by atoms with Gasteiger partial charge in [0.25, 0.3) is 5.91 Å². The smallest absolute Gasteiger partial charge is 0.280 e. The lowest BCUT2D eigenvalue weighted by Gasteiger charge is -2.27. The monoisotopic (exact) mass is 384 g/mol. The minimum atomic E-state index is -1.91.